The average molecular weight is 294 g/mol. The Hall–Kier alpha value is -2.42. The summed E-state index contributed by atoms with van der Waals surface area (Å²) in [6.45, 7) is 9.77. The van der Waals surface area contributed by atoms with E-state index in [1.165, 1.54) is 0 Å². The summed E-state index contributed by atoms with van der Waals surface area (Å²) in [6, 6.07) is 5.74. The molecule has 0 spiro atoms. The van der Waals surface area contributed by atoms with E-state index >= 15 is 0 Å². The van der Waals surface area contributed by atoms with Crippen LogP contribution in [0.4, 0.5) is 5.69 Å². The Kier molecular flexibility index (Phi) is 5.10. The maximum Gasteiger partial charge on any atom is 0.228 e. The van der Waals surface area contributed by atoms with Crippen molar-refractivity contribution in [2.24, 2.45) is 16.8 Å². The number of hydrogen-bond acceptors (Lipinski definition) is 2. The van der Waals surface area contributed by atoms with Gasteiger partial charge in [0.2, 0.25) is 5.91 Å². The maximum absolute atomic E-state index is 12.3. The number of rotatable bonds is 6. The van der Waals surface area contributed by atoms with Gasteiger partial charge in [0, 0.05) is 24.9 Å². The molecule has 0 unspecified atom stereocenters. The monoisotopic (exact) mass is 294 g/mol. The molecular formula is C19H22N2O. The number of hydrogen-bond donors (Lipinski definition) is 1. The summed E-state index contributed by atoms with van der Waals surface area (Å²) in [5, 5.41) is 2.98. The van der Waals surface area contributed by atoms with Crippen molar-refractivity contribution in [3.8, 4) is 0 Å². The van der Waals surface area contributed by atoms with Crippen LogP contribution in [0.3, 0.4) is 0 Å². The van der Waals surface area contributed by atoms with Crippen molar-refractivity contribution >= 4 is 23.9 Å². The van der Waals surface area contributed by atoms with E-state index in [1.54, 1.807) is 19.3 Å². The molecule has 3 heteroatoms. The van der Waals surface area contributed by atoms with Crippen molar-refractivity contribution in [3.05, 3.63) is 60.2 Å². The van der Waals surface area contributed by atoms with Crippen molar-refractivity contribution in [1.82, 2.24) is 0 Å². The molecule has 1 fully saturated rings. The van der Waals surface area contributed by atoms with Crippen LogP contribution in [0.5, 0.6) is 0 Å². The van der Waals surface area contributed by atoms with E-state index in [0.717, 1.165) is 28.8 Å². The summed E-state index contributed by atoms with van der Waals surface area (Å²) < 4.78 is 0. The highest BCUT2D eigenvalue weighted by Gasteiger charge is 2.43. The first-order valence-electron chi connectivity index (χ1n) is 7.41. The van der Waals surface area contributed by atoms with Crippen LogP contribution in [-0.4, -0.2) is 19.2 Å². The van der Waals surface area contributed by atoms with Gasteiger partial charge in [-0.3, -0.25) is 9.79 Å². The minimum absolute atomic E-state index is 0.0350. The van der Waals surface area contributed by atoms with E-state index in [0.29, 0.717) is 0 Å². The lowest BCUT2D eigenvalue weighted by Gasteiger charge is -2.08. The summed E-state index contributed by atoms with van der Waals surface area (Å²) in [6.07, 6.45) is 8.36. The summed E-state index contributed by atoms with van der Waals surface area (Å²) in [5.41, 5.74) is 3.76. The van der Waals surface area contributed by atoms with Crippen LogP contribution in [0.25, 0.3) is 6.08 Å². The SMILES string of the molecule is C=Cc1cc(NC(=O)[C@@H]2C[C@H]2C(=C)/C=C\C)ccc1/C=N\C. The normalized spacial score (nSPS) is 20.3. The van der Waals surface area contributed by atoms with E-state index in [-0.39, 0.29) is 17.7 Å². The zero-order valence-electron chi connectivity index (χ0n) is 13.2. The van der Waals surface area contributed by atoms with Crippen LogP contribution < -0.4 is 5.32 Å². The Balaban J connectivity index is 2.04. The standard InChI is InChI=1S/C19H22N2O/c1-5-7-13(3)17-11-18(17)19(22)21-16-9-8-15(12-20-4)14(6-2)10-16/h5-10,12,17-18H,2-3,11H2,1,4H3,(H,21,22)/b7-5-,20-12-/t17-,18+/m0/s1. The molecule has 3 nitrogen and oxygen atoms in total. The van der Waals surface area contributed by atoms with Crippen molar-refractivity contribution in [2.45, 2.75) is 13.3 Å². The molecule has 0 saturated heterocycles. The molecule has 114 valence electrons. The molecule has 2 atom stereocenters. The highest BCUT2D eigenvalue weighted by Crippen LogP contribution is 2.44. The second-order valence-electron chi connectivity index (χ2n) is 5.45. The van der Waals surface area contributed by atoms with Gasteiger partial charge in [-0.2, -0.15) is 0 Å². The highest BCUT2D eigenvalue weighted by molar-refractivity contribution is 5.96. The molecule has 1 N–H and O–H groups in total. The molecule has 0 aromatic heterocycles. The quantitative estimate of drug-likeness (QED) is 0.623. The summed E-state index contributed by atoms with van der Waals surface area (Å²) in [4.78, 5) is 16.3. The van der Waals surface area contributed by atoms with E-state index in [1.807, 2.05) is 37.3 Å². The van der Waals surface area contributed by atoms with Gasteiger partial charge in [0.25, 0.3) is 0 Å². The van der Waals surface area contributed by atoms with Crippen LogP contribution in [0.2, 0.25) is 0 Å². The van der Waals surface area contributed by atoms with Gasteiger partial charge in [-0.05, 0) is 42.5 Å². The van der Waals surface area contributed by atoms with Crippen molar-refractivity contribution in [1.29, 1.82) is 0 Å². The maximum atomic E-state index is 12.3. The van der Waals surface area contributed by atoms with Gasteiger partial charge >= 0.3 is 0 Å². The van der Waals surface area contributed by atoms with E-state index < -0.39 is 0 Å². The molecule has 1 saturated carbocycles. The molecule has 1 aromatic rings. The minimum atomic E-state index is 0.0350. The van der Waals surface area contributed by atoms with Gasteiger partial charge in [0.15, 0.2) is 0 Å². The zero-order valence-corrected chi connectivity index (χ0v) is 13.2. The number of nitrogens with one attached hydrogen (secondary N) is 1. The number of carbonyl (C=O) groups excluding carboxylic acids is 1. The third-order valence-corrected chi connectivity index (χ3v) is 3.83. The van der Waals surface area contributed by atoms with Gasteiger partial charge in [-0.15, -0.1) is 0 Å². The van der Waals surface area contributed by atoms with Gasteiger partial charge in [0.05, 0.1) is 0 Å². The van der Waals surface area contributed by atoms with Crippen molar-refractivity contribution in [3.63, 3.8) is 0 Å². The molecule has 22 heavy (non-hydrogen) atoms. The third kappa shape index (κ3) is 3.61. The summed E-state index contributed by atoms with van der Waals surface area (Å²) in [5.74, 6) is 0.372. The summed E-state index contributed by atoms with van der Waals surface area (Å²) in [7, 11) is 1.73. The first-order valence-corrected chi connectivity index (χ1v) is 7.41. The second-order valence-corrected chi connectivity index (χ2v) is 5.45. The van der Waals surface area contributed by atoms with Crippen LogP contribution in [-0.2, 0) is 4.79 Å². The molecule has 0 aliphatic heterocycles. The first kappa shape index (κ1) is 16.0. The fourth-order valence-electron chi connectivity index (χ4n) is 2.55. The number of anilines is 1. The van der Waals surface area contributed by atoms with Crippen LogP contribution >= 0.6 is 0 Å². The zero-order chi connectivity index (χ0) is 16.1. The minimum Gasteiger partial charge on any atom is -0.326 e. The van der Waals surface area contributed by atoms with Crippen LogP contribution in [0.1, 0.15) is 24.5 Å². The number of nitrogens with zero attached hydrogens (tertiary/aromatic N) is 1. The van der Waals surface area contributed by atoms with Gasteiger partial charge in [0.1, 0.15) is 0 Å². The Morgan fingerprint density at radius 1 is 1.36 bits per heavy atom. The van der Waals surface area contributed by atoms with E-state index in [4.69, 9.17) is 0 Å². The molecule has 1 aliphatic carbocycles. The molecule has 2 rings (SSSR count). The van der Waals surface area contributed by atoms with E-state index in [2.05, 4.69) is 23.5 Å². The molecule has 0 bridgehead atoms. The second kappa shape index (κ2) is 7.03. The Bertz CT molecular complexity index is 655. The number of amides is 1. The third-order valence-electron chi connectivity index (χ3n) is 3.83. The number of benzene rings is 1. The molecule has 0 heterocycles. The summed E-state index contributed by atoms with van der Waals surface area (Å²) >= 11 is 0. The topological polar surface area (TPSA) is 41.5 Å². The number of aliphatic imine (C=N–C) groups is 1. The fraction of sp³-hybridized carbons (Fsp3) is 0.263. The molecule has 0 radical (unpaired) electrons. The lowest BCUT2D eigenvalue weighted by atomic mass is 10.1. The highest BCUT2D eigenvalue weighted by atomic mass is 16.2. The largest absolute Gasteiger partial charge is 0.326 e. The smallest absolute Gasteiger partial charge is 0.228 e. The fourth-order valence-corrected chi connectivity index (χ4v) is 2.55. The van der Waals surface area contributed by atoms with Crippen LogP contribution in [0.15, 0.2) is 54.1 Å². The molecule has 1 aromatic carbocycles. The van der Waals surface area contributed by atoms with E-state index in [9.17, 15) is 4.79 Å². The van der Waals surface area contributed by atoms with Gasteiger partial charge in [-0.25, -0.2) is 0 Å². The van der Waals surface area contributed by atoms with Gasteiger partial charge in [-0.1, -0.05) is 43.0 Å². The predicted octanol–water partition coefficient (Wildman–Crippen LogP) is 4.09. The van der Waals surface area contributed by atoms with Crippen molar-refractivity contribution in [2.75, 3.05) is 12.4 Å². The molecular weight excluding hydrogens is 272 g/mol. The molecule has 1 amide bonds. The Morgan fingerprint density at radius 2 is 2.14 bits per heavy atom. The predicted molar refractivity (Wildman–Crippen MR) is 94.2 cm³/mol. The molecule has 1 aliphatic rings. The van der Waals surface area contributed by atoms with Crippen LogP contribution in [0, 0.1) is 11.8 Å². The van der Waals surface area contributed by atoms with Crippen molar-refractivity contribution < 1.29 is 4.79 Å². The lowest BCUT2D eigenvalue weighted by Crippen LogP contribution is -2.15. The Labute approximate surface area is 132 Å². The lowest BCUT2D eigenvalue weighted by molar-refractivity contribution is -0.117. The van der Waals surface area contributed by atoms with Gasteiger partial charge < -0.3 is 5.32 Å². The Morgan fingerprint density at radius 3 is 2.77 bits per heavy atom. The first-order chi connectivity index (χ1) is 10.6. The average Bonchev–Trinajstić information content (AvgIpc) is 3.30. The number of carbonyl (C=O) groups is 1. The number of allylic oxidation sites excluding steroid dienone is 3.